The van der Waals surface area contributed by atoms with Crippen molar-refractivity contribution < 1.29 is 0 Å². The second-order valence-electron chi connectivity index (χ2n) is 5.17. The number of benzene rings is 1. The molecule has 0 saturated carbocycles. The van der Waals surface area contributed by atoms with Crippen LogP contribution in [0.3, 0.4) is 0 Å². The van der Waals surface area contributed by atoms with Gasteiger partial charge in [-0.1, -0.05) is 57.4 Å². The molecule has 2 unspecified atom stereocenters. The Labute approximate surface area is 106 Å². The first-order chi connectivity index (χ1) is 8.36. The van der Waals surface area contributed by atoms with Crippen molar-refractivity contribution in [3.63, 3.8) is 0 Å². The quantitative estimate of drug-likeness (QED) is 0.702. The Balaban J connectivity index is 1.94. The highest BCUT2D eigenvalue weighted by molar-refractivity contribution is 5.41. The number of unbranched alkanes of at least 4 members (excludes halogenated alkanes) is 2. The van der Waals surface area contributed by atoms with E-state index in [1.165, 1.54) is 32.1 Å². The molecule has 2 atom stereocenters. The van der Waals surface area contributed by atoms with Crippen LogP contribution in [0.2, 0.25) is 0 Å². The Hall–Kier alpha value is -0.820. The van der Waals surface area contributed by atoms with Gasteiger partial charge in [-0.3, -0.25) is 0 Å². The summed E-state index contributed by atoms with van der Waals surface area (Å²) in [4.78, 5) is 0. The highest BCUT2D eigenvalue weighted by Crippen LogP contribution is 2.38. The van der Waals surface area contributed by atoms with Crippen LogP contribution in [0.4, 0.5) is 0 Å². The molecule has 0 fully saturated rings. The lowest BCUT2D eigenvalue weighted by Crippen LogP contribution is -2.39. The van der Waals surface area contributed by atoms with Gasteiger partial charge in [-0.15, -0.1) is 0 Å². The van der Waals surface area contributed by atoms with E-state index in [9.17, 15) is 0 Å². The summed E-state index contributed by atoms with van der Waals surface area (Å²) in [6.45, 7) is 5.59. The van der Waals surface area contributed by atoms with Crippen molar-refractivity contribution >= 4 is 0 Å². The largest absolute Gasteiger partial charge is 0.314 e. The second kappa shape index (κ2) is 6.20. The summed E-state index contributed by atoms with van der Waals surface area (Å²) in [5.74, 6) is 0.767. The number of nitrogens with one attached hydrogen (secondary N) is 1. The van der Waals surface area contributed by atoms with E-state index in [0.29, 0.717) is 6.04 Å². The molecule has 94 valence electrons. The van der Waals surface area contributed by atoms with Gasteiger partial charge in [-0.25, -0.2) is 0 Å². The van der Waals surface area contributed by atoms with Gasteiger partial charge in [0.05, 0.1) is 0 Å². The summed E-state index contributed by atoms with van der Waals surface area (Å²) in [6.07, 6.45) is 6.67. The monoisotopic (exact) mass is 231 g/mol. The Morgan fingerprint density at radius 2 is 2.06 bits per heavy atom. The molecule has 0 spiro atoms. The molecule has 1 aromatic rings. The van der Waals surface area contributed by atoms with Crippen LogP contribution < -0.4 is 5.32 Å². The molecular weight excluding hydrogens is 206 g/mol. The van der Waals surface area contributed by atoms with E-state index in [2.05, 4.69) is 43.4 Å². The maximum Gasteiger partial charge on any atom is 0.0139 e. The highest BCUT2D eigenvalue weighted by Gasteiger charge is 2.31. The van der Waals surface area contributed by atoms with Crippen LogP contribution in [-0.4, -0.2) is 12.6 Å². The maximum absolute atomic E-state index is 3.68. The van der Waals surface area contributed by atoms with Crippen LogP contribution >= 0.6 is 0 Å². The third-order valence-corrected chi connectivity index (χ3v) is 3.97. The fraction of sp³-hybridized carbons (Fsp3) is 0.625. The van der Waals surface area contributed by atoms with Crippen LogP contribution in [0.1, 0.15) is 56.6 Å². The van der Waals surface area contributed by atoms with Crippen LogP contribution in [0.25, 0.3) is 0 Å². The van der Waals surface area contributed by atoms with Crippen molar-refractivity contribution in [1.29, 1.82) is 0 Å². The molecule has 2 rings (SSSR count). The third kappa shape index (κ3) is 2.90. The molecule has 1 aromatic carbocycles. The average Bonchev–Trinajstić information content (AvgIpc) is 2.31. The molecule has 17 heavy (non-hydrogen) atoms. The average molecular weight is 231 g/mol. The molecule has 0 saturated heterocycles. The standard InChI is InChI=1S/C16H25N/c1-3-5-6-11-16(17-4-2)15-12-13-9-7-8-10-14(13)15/h7-10,15-17H,3-6,11-12H2,1-2H3. The highest BCUT2D eigenvalue weighted by atomic mass is 14.9. The Morgan fingerprint density at radius 3 is 2.76 bits per heavy atom. The molecule has 0 heterocycles. The molecule has 1 N–H and O–H groups in total. The molecule has 0 bridgehead atoms. The summed E-state index contributed by atoms with van der Waals surface area (Å²) < 4.78 is 0. The number of hydrogen-bond donors (Lipinski definition) is 1. The predicted molar refractivity (Wildman–Crippen MR) is 74.5 cm³/mol. The lowest BCUT2D eigenvalue weighted by Gasteiger charge is -2.37. The van der Waals surface area contributed by atoms with Gasteiger partial charge in [0.1, 0.15) is 0 Å². The zero-order valence-corrected chi connectivity index (χ0v) is 11.2. The minimum Gasteiger partial charge on any atom is -0.314 e. The van der Waals surface area contributed by atoms with E-state index in [-0.39, 0.29) is 0 Å². The first-order valence-electron chi connectivity index (χ1n) is 7.18. The van der Waals surface area contributed by atoms with Crippen LogP contribution in [0, 0.1) is 0 Å². The van der Waals surface area contributed by atoms with Crippen LogP contribution in [0.5, 0.6) is 0 Å². The molecule has 0 aromatic heterocycles. The van der Waals surface area contributed by atoms with Gasteiger partial charge >= 0.3 is 0 Å². The Kier molecular flexibility index (Phi) is 4.61. The molecular formula is C16H25N. The molecule has 0 aliphatic heterocycles. The van der Waals surface area contributed by atoms with Crippen molar-refractivity contribution in [2.75, 3.05) is 6.54 Å². The van der Waals surface area contributed by atoms with E-state index >= 15 is 0 Å². The summed E-state index contributed by atoms with van der Waals surface area (Å²) in [5, 5.41) is 3.68. The van der Waals surface area contributed by atoms with Crippen molar-refractivity contribution in [2.24, 2.45) is 0 Å². The number of likely N-dealkylation sites (N-methyl/N-ethyl adjacent to an activating group) is 1. The molecule has 0 radical (unpaired) electrons. The van der Waals surface area contributed by atoms with E-state index in [1.807, 2.05) is 0 Å². The first kappa shape index (κ1) is 12.6. The summed E-state index contributed by atoms with van der Waals surface area (Å²) in [7, 11) is 0. The first-order valence-corrected chi connectivity index (χ1v) is 7.18. The van der Waals surface area contributed by atoms with Crippen molar-refractivity contribution in [1.82, 2.24) is 5.32 Å². The van der Waals surface area contributed by atoms with Gasteiger partial charge in [0.15, 0.2) is 0 Å². The summed E-state index contributed by atoms with van der Waals surface area (Å²) in [5.41, 5.74) is 3.16. The smallest absolute Gasteiger partial charge is 0.0139 e. The summed E-state index contributed by atoms with van der Waals surface area (Å²) in [6, 6.07) is 9.63. The van der Waals surface area contributed by atoms with E-state index in [1.54, 1.807) is 11.1 Å². The van der Waals surface area contributed by atoms with Crippen LogP contribution in [-0.2, 0) is 6.42 Å². The number of fused-ring (bicyclic) bond motifs is 1. The van der Waals surface area contributed by atoms with Gasteiger partial charge in [0, 0.05) is 12.0 Å². The fourth-order valence-corrected chi connectivity index (χ4v) is 2.98. The van der Waals surface area contributed by atoms with Crippen LogP contribution in [0.15, 0.2) is 24.3 Å². The van der Waals surface area contributed by atoms with Gasteiger partial charge in [0.2, 0.25) is 0 Å². The summed E-state index contributed by atoms with van der Waals surface area (Å²) >= 11 is 0. The van der Waals surface area contributed by atoms with Gasteiger partial charge in [-0.05, 0) is 30.5 Å². The minimum absolute atomic E-state index is 0.696. The van der Waals surface area contributed by atoms with Crippen molar-refractivity contribution in [3.8, 4) is 0 Å². The zero-order chi connectivity index (χ0) is 12.1. The van der Waals surface area contributed by atoms with E-state index < -0.39 is 0 Å². The van der Waals surface area contributed by atoms with Crippen molar-refractivity contribution in [2.45, 2.75) is 57.9 Å². The second-order valence-corrected chi connectivity index (χ2v) is 5.17. The van der Waals surface area contributed by atoms with Gasteiger partial charge in [-0.2, -0.15) is 0 Å². The third-order valence-electron chi connectivity index (χ3n) is 3.97. The SMILES string of the molecule is CCCCCC(NCC)C1Cc2ccccc21. The molecule has 1 aliphatic carbocycles. The Morgan fingerprint density at radius 1 is 1.24 bits per heavy atom. The van der Waals surface area contributed by atoms with E-state index in [0.717, 1.165) is 12.5 Å². The molecule has 1 nitrogen and oxygen atoms in total. The Bertz CT molecular complexity index is 345. The van der Waals surface area contributed by atoms with Gasteiger partial charge in [0.25, 0.3) is 0 Å². The topological polar surface area (TPSA) is 12.0 Å². The van der Waals surface area contributed by atoms with E-state index in [4.69, 9.17) is 0 Å². The fourth-order valence-electron chi connectivity index (χ4n) is 2.98. The van der Waals surface area contributed by atoms with Gasteiger partial charge < -0.3 is 5.32 Å². The molecule has 1 heteroatoms. The normalized spacial score (nSPS) is 19.5. The number of rotatable bonds is 7. The lowest BCUT2D eigenvalue weighted by atomic mass is 9.72. The molecule has 1 aliphatic rings. The maximum atomic E-state index is 3.68. The lowest BCUT2D eigenvalue weighted by molar-refractivity contribution is 0.374. The molecule has 0 amide bonds. The minimum atomic E-state index is 0.696. The number of hydrogen-bond acceptors (Lipinski definition) is 1. The zero-order valence-electron chi connectivity index (χ0n) is 11.2. The van der Waals surface area contributed by atoms with Crippen molar-refractivity contribution in [3.05, 3.63) is 35.4 Å². The predicted octanol–water partition coefficient (Wildman–Crippen LogP) is 3.88.